The maximum Gasteiger partial charge on any atom is 0.161 e. The molecule has 1 saturated carbocycles. The van der Waals surface area contributed by atoms with Crippen molar-refractivity contribution >= 4 is 0 Å². The van der Waals surface area contributed by atoms with E-state index in [-0.39, 0.29) is 12.2 Å². The molecular formula is C24H29NO3. The molecule has 5 rings (SSSR count). The lowest BCUT2D eigenvalue weighted by Crippen LogP contribution is -2.47. The van der Waals surface area contributed by atoms with Gasteiger partial charge in [0.1, 0.15) is 6.10 Å². The van der Waals surface area contributed by atoms with Gasteiger partial charge >= 0.3 is 0 Å². The molecule has 3 atom stereocenters. The van der Waals surface area contributed by atoms with Gasteiger partial charge in [-0.3, -0.25) is 4.90 Å². The van der Waals surface area contributed by atoms with Crippen molar-refractivity contribution in [2.75, 3.05) is 27.3 Å². The van der Waals surface area contributed by atoms with Gasteiger partial charge in [-0.2, -0.15) is 0 Å². The second-order valence-electron chi connectivity index (χ2n) is 8.33. The number of ether oxygens (including phenoxy) is 3. The van der Waals surface area contributed by atoms with Gasteiger partial charge in [-0.15, -0.1) is 0 Å². The van der Waals surface area contributed by atoms with Crippen LogP contribution in [0.2, 0.25) is 0 Å². The molecule has 2 aromatic carbocycles. The van der Waals surface area contributed by atoms with E-state index in [0.717, 1.165) is 30.4 Å². The van der Waals surface area contributed by atoms with Gasteiger partial charge in [0.15, 0.2) is 11.5 Å². The smallest absolute Gasteiger partial charge is 0.161 e. The van der Waals surface area contributed by atoms with E-state index in [1.54, 1.807) is 14.2 Å². The Kier molecular flexibility index (Phi) is 4.77. The van der Waals surface area contributed by atoms with Crippen LogP contribution in [-0.2, 0) is 4.74 Å². The van der Waals surface area contributed by atoms with Crippen LogP contribution < -0.4 is 9.47 Å². The zero-order valence-electron chi connectivity index (χ0n) is 16.8. The summed E-state index contributed by atoms with van der Waals surface area (Å²) >= 11 is 0. The summed E-state index contributed by atoms with van der Waals surface area (Å²) in [5.41, 5.74) is 3.77. The molecule has 28 heavy (non-hydrogen) atoms. The van der Waals surface area contributed by atoms with Crippen molar-refractivity contribution in [2.45, 2.75) is 43.9 Å². The van der Waals surface area contributed by atoms with Crippen LogP contribution in [-0.4, -0.2) is 38.3 Å². The van der Waals surface area contributed by atoms with Gasteiger partial charge < -0.3 is 14.2 Å². The zero-order chi connectivity index (χ0) is 19.1. The van der Waals surface area contributed by atoms with Crippen LogP contribution in [0.1, 0.15) is 54.5 Å². The van der Waals surface area contributed by atoms with Gasteiger partial charge in [0.05, 0.1) is 26.4 Å². The van der Waals surface area contributed by atoms with E-state index in [0.29, 0.717) is 6.04 Å². The first-order valence-electron chi connectivity index (χ1n) is 10.5. The van der Waals surface area contributed by atoms with Crippen LogP contribution >= 0.6 is 0 Å². The Balaban J connectivity index is 1.62. The Morgan fingerprint density at radius 3 is 2.36 bits per heavy atom. The number of hydrogen-bond donors (Lipinski definition) is 0. The van der Waals surface area contributed by atoms with Crippen LogP contribution in [0.3, 0.4) is 0 Å². The number of nitrogens with zero attached hydrogens (tertiary/aromatic N) is 1. The molecule has 1 unspecified atom stereocenters. The highest BCUT2D eigenvalue weighted by atomic mass is 16.5. The molecule has 0 amide bonds. The summed E-state index contributed by atoms with van der Waals surface area (Å²) in [4.78, 5) is 2.66. The minimum absolute atomic E-state index is 0.0573. The SMILES string of the molecule is COc1cc2c(cc1OC)[C@H]1[C@H](CCCN1CC1CC1)OC2c1ccccc1. The standard InChI is InChI=1S/C24H29NO3/c1-26-21-13-18-19(14-22(21)27-2)24(17-7-4-3-5-8-17)28-20-9-6-12-25(23(18)20)15-16-10-11-16/h3-5,7-8,13-14,16,20,23-24H,6,9-12,15H2,1-2H3/t20-,23-,24?/m0/s1. The second kappa shape index (κ2) is 7.41. The monoisotopic (exact) mass is 379 g/mol. The second-order valence-corrected chi connectivity index (χ2v) is 8.33. The molecule has 4 nitrogen and oxygen atoms in total. The minimum Gasteiger partial charge on any atom is -0.493 e. The summed E-state index contributed by atoms with van der Waals surface area (Å²) in [7, 11) is 3.42. The molecule has 3 aliphatic rings. The average Bonchev–Trinajstić information content (AvgIpc) is 3.56. The van der Waals surface area contributed by atoms with Crippen molar-refractivity contribution in [1.29, 1.82) is 0 Å². The summed E-state index contributed by atoms with van der Waals surface area (Å²) in [5.74, 6) is 2.45. The molecule has 1 aliphatic carbocycles. The first-order chi connectivity index (χ1) is 13.8. The topological polar surface area (TPSA) is 30.9 Å². The largest absolute Gasteiger partial charge is 0.493 e. The Labute approximate surface area is 167 Å². The van der Waals surface area contributed by atoms with Crippen LogP contribution in [0.15, 0.2) is 42.5 Å². The third-order valence-electron chi connectivity index (χ3n) is 6.47. The lowest BCUT2D eigenvalue weighted by molar-refractivity contribution is -0.0868. The van der Waals surface area contributed by atoms with Gasteiger partial charge in [0.2, 0.25) is 0 Å². The van der Waals surface area contributed by atoms with Gasteiger partial charge in [0, 0.05) is 6.54 Å². The van der Waals surface area contributed by atoms with Crippen LogP contribution in [0.5, 0.6) is 11.5 Å². The highest BCUT2D eigenvalue weighted by molar-refractivity contribution is 5.52. The molecule has 2 aliphatic heterocycles. The third-order valence-corrected chi connectivity index (χ3v) is 6.47. The molecule has 4 heteroatoms. The van der Waals surface area contributed by atoms with Gasteiger partial charge in [-0.05, 0) is 67.0 Å². The molecule has 0 radical (unpaired) electrons. The van der Waals surface area contributed by atoms with Crippen molar-refractivity contribution < 1.29 is 14.2 Å². The van der Waals surface area contributed by atoms with E-state index in [1.165, 1.54) is 42.5 Å². The van der Waals surface area contributed by atoms with E-state index in [1.807, 2.05) is 0 Å². The Morgan fingerprint density at radius 1 is 0.964 bits per heavy atom. The molecule has 1 saturated heterocycles. The maximum absolute atomic E-state index is 6.77. The third kappa shape index (κ3) is 3.19. The summed E-state index contributed by atoms with van der Waals surface area (Å²) < 4.78 is 18.1. The Bertz CT molecular complexity index is 833. The van der Waals surface area contributed by atoms with Gasteiger partial charge in [-0.1, -0.05) is 30.3 Å². The van der Waals surface area contributed by atoms with Crippen molar-refractivity contribution in [2.24, 2.45) is 5.92 Å². The zero-order valence-corrected chi connectivity index (χ0v) is 16.8. The van der Waals surface area contributed by atoms with Crippen LogP contribution in [0.25, 0.3) is 0 Å². The van der Waals surface area contributed by atoms with Gasteiger partial charge in [-0.25, -0.2) is 0 Å². The highest BCUT2D eigenvalue weighted by Crippen LogP contribution is 2.49. The summed E-state index contributed by atoms with van der Waals surface area (Å²) in [5, 5.41) is 0. The van der Waals surface area contributed by atoms with E-state index in [2.05, 4.69) is 47.4 Å². The van der Waals surface area contributed by atoms with E-state index < -0.39 is 0 Å². The number of benzene rings is 2. The molecule has 0 N–H and O–H groups in total. The summed E-state index contributed by atoms with van der Waals surface area (Å²) in [6.45, 7) is 2.35. The number of likely N-dealkylation sites (tertiary alicyclic amines) is 1. The van der Waals surface area contributed by atoms with Crippen LogP contribution in [0, 0.1) is 5.92 Å². The predicted octanol–water partition coefficient (Wildman–Crippen LogP) is 4.74. The molecule has 2 heterocycles. The van der Waals surface area contributed by atoms with E-state index >= 15 is 0 Å². The van der Waals surface area contributed by atoms with Gasteiger partial charge in [0.25, 0.3) is 0 Å². The molecule has 0 bridgehead atoms. The number of piperidine rings is 1. The highest BCUT2D eigenvalue weighted by Gasteiger charge is 2.43. The molecule has 0 aromatic heterocycles. The predicted molar refractivity (Wildman–Crippen MR) is 109 cm³/mol. The molecule has 0 spiro atoms. The summed E-state index contributed by atoms with van der Waals surface area (Å²) in [6.07, 6.45) is 5.24. The van der Waals surface area contributed by atoms with Crippen molar-refractivity contribution in [3.8, 4) is 11.5 Å². The Morgan fingerprint density at radius 2 is 1.68 bits per heavy atom. The molecule has 2 fully saturated rings. The fraction of sp³-hybridized carbons (Fsp3) is 0.500. The number of methoxy groups -OCH3 is 2. The first-order valence-corrected chi connectivity index (χ1v) is 10.5. The minimum atomic E-state index is -0.0573. The molecular weight excluding hydrogens is 350 g/mol. The van der Waals surface area contributed by atoms with Crippen molar-refractivity contribution in [3.05, 3.63) is 59.2 Å². The fourth-order valence-electron chi connectivity index (χ4n) is 4.93. The van der Waals surface area contributed by atoms with E-state index in [9.17, 15) is 0 Å². The fourth-order valence-corrected chi connectivity index (χ4v) is 4.93. The lowest BCUT2D eigenvalue weighted by Gasteiger charge is -2.47. The molecule has 148 valence electrons. The quantitative estimate of drug-likeness (QED) is 0.751. The summed E-state index contributed by atoms with van der Waals surface area (Å²) in [6, 6.07) is 15.2. The first kappa shape index (κ1) is 18.0. The number of hydrogen-bond acceptors (Lipinski definition) is 4. The average molecular weight is 380 g/mol. The normalized spacial score (nSPS) is 27.0. The number of rotatable bonds is 5. The lowest BCUT2D eigenvalue weighted by atomic mass is 9.82. The number of fused-ring (bicyclic) bond motifs is 3. The van der Waals surface area contributed by atoms with Crippen LogP contribution in [0.4, 0.5) is 0 Å². The molecule has 2 aromatic rings. The maximum atomic E-state index is 6.77. The van der Waals surface area contributed by atoms with Crippen molar-refractivity contribution in [3.63, 3.8) is 0 Å². The van der Waals surface area contributed by atoms with Crippen molar-refractivity contribution in [1.82, 2.24) is 4.90 Å². The van der Waals surface area contributed by atoms with E-state index in [4.69, 9.17) is 14.2 Å². The Hall–Kier alpha value is -2.04.